The molecule has 0 aliphatic heterocycles. The molecule has 1 atom stereocenters. The van der Waals surface area contributed by atoms with Gasteiger partial charge in [-0.15, -0.1) is 0 Å². The molecule has 0 bridgehead atoms. The van der Waals surface area contributed by atoms with E-state index in [1.807, 2.05) is 0 Å². The zero-order valence-electron chi connectivity index (χ0n) is 10.3. The molecule has 1 aromatic carbocycles. The fraction of sp³-hybridized carbons (Fsp3) is 0.417. The minimum atomic E-state index is -0.541. The van der Waals surface area contributed by atoms with Crippen LogP contribution in [0.3, 0.4) is 0 Å². The number of benzene rings is 1. The highest BCUT2D eigenvalue weighted by Gasteiger charge is 2.09. The van der Waals surface area contributed by atoms with Gasteiger partial charge >= 0.3 is 0 Å². The maximum Gasteiger partial charge on any atom is 0.250 e. The Bertz CT molecular complexity index is 410. The van der Waals surface area contributed by atoms with Crippen LogP contribution in [-0.2, 0) is 4.74 Å². The Morgan fingerprint density at radius 2 is 2.28 bits per heavy atom. The molecule has 6 nitrogen and oxygen atoms in total. The Morgan fingerprint density at radius 3 is 2.89 bits per heavy atom. The van der Waals surface area contributed by atoms with Gasteiger partial charge in [-0.2, -0.15) is 0 Å². The van der Waals surface area contributed by atoms with Crippen LogP contribution in [0.1, 0.15) is 16.8 Å². The number of rotatable bonds is 7. The number of ether oxygens (including phenoxy) is 1. The summed E-state index contributed by atoms with van der Waals surface area (Å²) >= 11 is 0. The topological polar surface area (TPSA) is 111 Å². The normalized spacial score (nSPS) is 12.1. The van der Waals surface area contributed by atoms with Crippen LogP contribution in [0.25, 0.3) is 0 Å². The van der Waals surface area contributed by atoms with Gasteiger partial charge in [0.1, 0.15) is 0 Å². The van der Waals surface area contributed by atoms with Gasteiger partial charge < -0.3 is 26.6 Å². The van der Waals surface area contributed by atoms with Crippen LogP contribution in [0.5, 0.6) is 0 Å². The fourth-order valence-electron chi connectivity index (χ4n) is 1.57. The monoisotopic (exact) mass is 253 g/mol. The molecule has 0 spiro atoms. The summed E-state index contributed by atoms with van der Waals surface area (Å²) in [5.41, 5.74) is 12.4. The number of nitrogens with two attached hydrogens (primary N) is 2. The molecular formula is C12H19N3O3. The lowest BCUT2D eigenvalue weighted by atomic mass is 10.1. The van der Waals surface area contributed by atoms with Gasteiger partial charge in [0.05, 0.1) is 18.3 Å². The van der Waals surface area contributed by atoms with Crippen molar-refractivity contribution < 1.29 is 14.6 Å². The Kier molecular flexibility index (Phi) is 5.41. The number of methoxy groups -OCH3 is 1. The lowest BCUT2D eigenvalue weighted by molar-refractivity contribution is 0.0615. The summed E-state index contributed by atoms with van der Waals surface area (Å²) in [6.07, 6.45) is -0.0403. The molecule has 1 amide bonds. The molecule has 0 heterocycles. The van der Waals surface area contributed by atoms with E-state index in [-0.39, 0.29) is 6.61 Å². The summed E-state index contributed by atoms with van der Waals surface area (Å²) in [4.78, 5) is 11.2. The Balaban J connectivity index is 2.60. The number of nitrogen functional groups attached to an aromatic ring is 1. The second kappa shape index (κ2) is 6.83. The second-order valence-electron chi connectivity index (χ2n) is 3.99. The van der Waals surface area contributed by atoms with Crippen LogP contribution < -0.4 is 16.8 Å². The molecule has 1 unspecified atom stereocenters. The number of aliphatic hydroxyl groups excluding tert-OH is 1. The van der Waals surface area contributed by atoms with Crippen molar-refractivity contribution in [3.8, 4) is 0 Å². The van der Waals surface area contributed by atoms with Gasteiger partial charge in [0.15, 0.2) is 0 Å². The van der Waals surface area contributed by atoms with Crippen LogP contribution >= 0.6 is 0 Å². The third kappa shape index (κ3) is 4.23. The average Bonchev–Trinajstić information content (AvgIpc) is 2.29. The van der Waals surface area contributed by atoms with E-state index in [0.29, 0.717) is 29.9 Å². The highest BCUT2D eigenvalue weighted by atomic mass is 16.5. The molecule has 0 radical (unpaired) electrons. The zero-order chi connectivity index (χ0) is 13.5. The lowest BCUT2D eigenvalue weighted by Crippen LogP contribution is -2.20. The van der Waals surface area contributed by atoms with Gasteiger partial charge in [-0.25, -0.2) is 0 Å². The van der Waals surface area contributed by atoms with E-state index in [4.69, 9.17) is 16.2 Å². The lowest BCUT2D eigenvalue weighted by Gasteiger charge is -2.13. The molecule has 6 N–H and O–H groups in total. The van der Waals surface area contributed by atoms with Crippen molar-refractivity contribution >= 4 is 17.3 Å². The highest BCUT2D eigenvalue weighted by Crippen LogP contribution is 2.18. The average molecular weight is 253 g/mol. The molecular weight excluding hydrogens is 234 g/mol. The number of anilines is 2. The summed E-state index contributed by atoms with van der Waals surface area (Å²) in [7, 11) is 1.53. The van der Waals surface area contributed by atoms with Crippen molar-refractivity contribution in [2.75, 3.05) is 31.3 Å². The summed E-state index contributed by atoms with van der Waals surface area (Å²) in [6, 6.07) is 4.83. The van der Waals surface area contributed by atoms with E-state index in [9.17, 15) is 9.90 Å². The van der Waals surface area contributed by atoms with E-state index >= 15 is 0 Å². The number of nitrogens with one attached hydrogen (secondary N) is 1. The third-order valence-electron chi connectivity index (χ3n) is 2.46. The van der Waals surface area contributed by atoms with Gasteiger partial charge in [0, 0.05) is 25.0 Å². The summed E-state index contributed by atoms with van der Waals surface area (Å²) in [6.45, 7) is 0.773. The Hall–Kier alpha value is -1.79. The van der Waals surface area contributed by atoms with Gasteiger partial charge in [0.2, 0.25) is 0 Å². The van der Waals surface area contributed by atoms with Crippen molar-refractivity contribution in [2.24, 2.45) is 5.73 Å². The molecule has 100 valence electrons. The number of carbonyl (C=O) groups excluding carboxylic acids is 1. The van der Waals surface area contributed by atoms with Gasteiger partial charge in [-0.1, -0.05) is 0 Å². The molecule has 1 aromatic rings. The summed E-state index contributed by atoms with van der Waals surface area (Å²) in [5, 5.41) is 12.5. The number of primary amides is 1. The predicted molar refractivity (Wildman–Crippen MR) is 70.4 cm³/mol. The maximum atomic E-state index is 11.2. The van der Waals surface area contributed by atoms with Crippen LogP contribution in [0.4, 0.5) is 11.4 Å². The van der Waals surface area contributed by atoms with E-state index in [1.165, 1.54) is 7.11 Å². The van der Waals surface area contributed by atoms with Crippen molar-refractivity contribution in [3.05, 3.63) is 23.8 Å². The second-order valence-corrected chi connectivity index (χ2v) is 3.99. The van der Waals surface area contributed by atoms with E-state index in [1.54, 1.807) is 18.2 Å². The van der Waals surface area contributed by atoms with E-state index in [2.05, 4.69) is 5.32 Å². The summed E-state index contributed by atoms with van der Waals surface area (Å²) in [5.74, 6) is -0.519. The first-order valence-electron chi connectivity index (χ1n) is 5.64. The Morgan fingerprint density at radius 1 is 1.56 bits per heavy atom. The molecule has 6 heteroatoms. The number of hydrogen-bond donors (Lipinski definition) is 4. The number of amides is 1. The highest BCUT2D eigenvalue weighted by molar-refractivity contribution is 5.99. The molecule has 0 fully saturated rings. The number of aliphatic hydroxyl groups is 1. The largest absolute Gasteiger partial charge is 0.399 e. The minimum absolute atomic E-state index is 0.279. The minimum Gasteiger partial charge on any atom is -0.399 e. The van der Waals surface area contributed by atoms with Crippen molar-refractivity contribution in [1.29, 1.82) is 0 Å². The van der Waals surface area contributed by atoms with Gasteiger partial charge in [0.25, 0.3) is 5.91 Å². The van der Waals surface area contributed by atoms with E-state index < -0.39 is 12.0 Å². The molecule has 0 saturated carbocycles. The zero-order valence-corrected chi connectivity index (χ0v) is 10.3. The van der Waals surface area contributed by atoms with Gasteiger partial charge in [-0.3, -0.25) is 4.79 Å². The number of carbonyl (C=O) groups is 1. The molecule has 0 aliphatic rings. The van der Waals surface area contributed by atoms with Crippen LogP contribution in [0.15, 0.2) is 18.2 Å². The molecule has 0 aromatic heterocycles. The number of hydrogen-bond acceptors (Lipinski definition) is 5. The first-order chi connectivity index (χ1) is 8.54. The molecule has 18 heavy (non-hydrogen) atoms. The smallest absolute Gasteiger partial charge is 0.250 e. The first-order valence-corrected chi connectivity index (χ1v) is 5.64. The SMILES string of the molecule is COCC(O)CCNc1cc(N)ccc1C(N)=O. The van der Waals surface area contributed by atoms with Crippen molar-refractivity contribution in [3.63, 3.8) is 0 Å². The van der Waals surface area contributed by atoms with Gasteiger partial charge in [-0.05, 0) is 24.6 Å². The Labute approximate surface area is 106 Å². The quantitative estimate of drug-likeness (QED) is 0.518. The van der Waals surface area contributed by atoms with Crippen molar-refractivity contribution in [1.82, 2.24) is 0 Å². The van der Waals surface area contributed by atoms with Crippen LogP contribution in [0, 0.1) is 0 Å². The third-order valence-corrected chi connectivity index (χ3v) is 2.46. The first kappa shape index (κ1) is 14.3. The molecule has 1 rings (SSSR count). The molecule has 0 aliphatic carbocycles. The standard InChI is InChI=1S/C12H19N3O3/c1-18-7-9(16)4-5-15-11-6-8(13)2-3-10(11)12(14)17/h2-3,6,9,15-16H,4-5,7,13H2,1H3,(H2,14,17). The van der Waals surface area contributed by atoms with Crippen LogP contribution in [0.2, 0.25) is 0 Å². The molecule has 0 saturated heterocycles. The van der Waals surface area contributed by atoms with Crippen molar-refractivity contribution in [2.45, 2.75) is 12.5 Å². The predicted octanol–water partition coefficient (Wildman–Crippen LogP) is 0.177. The fourth-order valence-corrected chi connectivity index (χ4v) is 1.57. The maximum absolute atomic E-state index is 11.2. The summed E-state index contributed by atoms with van der Waals surface area (Å²) < 4.78 is 4.82. The van der Waals surface area contributed by atoms with Crippen LogP contribution in [-0.4, -0.2) is 37.4 Å². The van der Waals surface area contributed by atoms with E-state index in [0.717, 1.165) is 0 Å².